The van der Waals surface area contributed by atoms with Gasteiger partial charge in [0.05, 0.1) is 10.6 Å². The summed E-state index contributed by atoms with van der Waals surface area (Å²) in [5.74, 6) is -0.917. The van der Waals surface area contributed by atoms with E-state index in [2.05, 4.69) is 5.32 Å². The third-order valence-electron chi connectivity index (χ3n) is 4.83. The van der Waals surface area contributed by atoms with Crippen LogP contribution in [0.3, 0.4) is 0 Å². The van der Waals surface area contributed by atoms with Crippen molar-refractivity contribution in [3.63, 3.8) is 0 Å². The zero-order valence-corrected chi connectivity index (χ0v) is 15.9. The summed E-state index contributed by atoms with van der Waals surface area (Å²) in [5, 5.41) is 2.99. The Morgan fingerprint density at radius 1 is 0.893 bits per heavy atom. The van der Waals surface area contributed by atoms with E-state index in [4.69, 9.17) is 16.3 Å². The first kappa shape index (κ1) is 18.3. The lowest BCUT2D eigenvalue weighted by Gasteiger charge is -2.19. The SMILES string of the molecule is C[C@H](NC(=O)c1ccccc1Cl)C(=O)OC1c2ccccc2-c2ccccc21. The fourth-order valence-corrected chi connectivity index (χ4v) is 3.65. The van der Waals surface area contributed by atoms with Gasteiger partial charge in [0.15, 0.2) is 6.10 Å². The van der Waals surface area contributed by atoms with Crippen LogP contribution in [0.25, 0.3) is 11.1 Å². The highest BCUT2D eigenvalue weighted by Crippen LogP contribution is 2.45. The maximum absolute atomic E-state index is 12.7. The van der Waals surface area contributed by atoms with Crippen LogP contribution in [0.1, 0.15) is 34.5 Å². The number of esters is 1. The number of amides is 1. The van der Waals surface area contributed by atoms with Crippen LogP contribution in [-0.2, 0) is 9.53 Å². The number of ether oxygens (including phenoxy) is 1. The average molecular weight is 392 g/mol. The molecule has 4 nitrogen and oxygen atoms in total. The highest BCUT2D eigenvalue weighted by atomic mass is 35.5. The minimum absolute atomic E-state index is 0.320. The van der Waals surface area contributed by atoms with Gasteiger partial charge in [0.25, 0.3) is 5.91 Å². The fourth-order valence-electron chi connectivity index (χ4n) is 3.43. The van der Waals surface area contributed by atoms with E-state index in [1.807, 2.05) is 48.5 Å². The lowest BCUT2D eigenvalue weighted by molar-refractivity contribution is -0.149. The number of benzene rings is 3. The Morgan fingerprint density at radius 2 is 1.43 bits per heavy atom. The molecular formula is C23H18ClNO3. The Morgan fingerprint density at radius 3 is 2.04 bits per heavy atom. The van der Waals surface area contributed by atoms with Crippen LogP contribution in [-0.4, -0.2) is 17.9 Å². The molecule has 0 saturated carbocycles. The molecule has 1 atom stereocenters. The standard InChI is InChI=1S/C23H18ClNO3/c1-14(25-22(26)19-12-6-7-13-20(19)24)23(27)28-21-17-10-4-2-8-15(17)16-9-3-5-11-18(16)21/h2-14,21H,1H3,(H,25,26)/t14-/m0/s1. The smallest absolute Gasteiger partial charge is 0.329 e. The summed E-state index contributed by atoms with van der Waals surface area (Å²) >= 11 is 6.06. The number of hydrogen-bond donors (Lipinski definition) is 1. The van der Waals surface area contributed by atoms with Gasteiger partial charge in [-0.3, -0.25) is 4.79 Å². The summed E-state index contributed by atoms with van der Waals surface area (Å²) in [7, 11) is 0. The Bertz CT molecular complexity index is 1020. The van der Waals surface area contributed by atoms with Crippen LogP contribution in [0.5, 0.6) is 0 Å². The van der Waals surface area contributed by atoms with Crippen LogP contribution in [0.4, 0.5) is 0 Å². The molecule has 1 aliphatic carbocycles. The number of fused-ring (bicyclic) bond motifs is 3. The number of rotatable bonds is 4. The average Bonchev–Trinajstić information content (AvgIpc) is 3.02. The highest BCUT2D eigenvalue weighted by Gasteiger charge is 2.32. The molecule has 0 heterocycles. The molecule has 5 heteroatoms. The van der Waals surface area contributed by atoms with Gasteiger partial charge in [0.2, 0.25) is 0 Å². The van der Waals surface area contributed by atoms with Gasteiger partial charge in [-0.25, -0.2) is 4.79 Å². The van der Waals surface area contributed by atoms with Crippen molar-refractivity contribution in [1.29, 1.82) is 0 Å². The number of hydrogen-bond acceptors (Lipinski definition) is 3. The van der Waals surface area contributed by atoms with E-state index in [0.29, 0.717) is 10.6 Å². The third-order valence-corrected chi connectivity index (χ3v) is 5.16. The number of halogens is 1. The molecule has 0 fully saturated rings. The predicted molar refractivity (Wildman–Crippen MR) is 108 cm³/mol. The summed E-state index contributed by atoms with van der Waals surface area (Å²) in [4.78, 5) is 25.1. The molecule has 0 bridgehead atoms. The van der Waals surface area contributed by atoms with Gasteiger partial charge in [0.1, 0.15) is 6.04 Å². The Labute approximate surface area is 168 Å². The fraction of sp³-hybridized carbons (Fsp3) is 0.130. The van der Waals surface area contributed by atoms with Crippen molar-refractivity contribution >= 4 is 23.5 Å². The molecule has 0 aromatic heterocycles. The van der Waals surface area contributed by atoms with E-state index >= 15 is 0 Å². The molecule has 3 aromatic carbocycles. The van der Waals surface area contributed by atoms with Gasteiger partial charge in [-0.15, -0.1) is 0 Å². The molecule has 3 aromatic rings. The molecule has 1 amide bonds. The van der Waals surface area contributed by atoms with E-state index in [-0.39, 0.29) is 0 Å². The molecule has 4 rings (SSSR count). The quantitative estimate of drug-likeness (QED) is 0.651. The molecule has 1 N–H and O–H groups in total. The summed E-state index contributed by atoms with van der Waals surface area (Å²) in [6.07, 6.45) is -0.487. The van der Waals surface area contributed by atoms with Gasteiger partial charge in [-0.05, 0) is 30.2 Å². The van der Waals surface area contributed by atoms with Crippen molar-refractivity contribution in [1.82, 2.24) is 5.32 Å². The predicted octanol–water partition coefficient (Wildman–Crippen LogP) is 4.77. The lowest BCUT2D eigenvalue weighted by atomic mass is 10.1. The van der Waals surface area contributed by atoms with Gasteiger partial charge in [-0.1, -0.05) is 72.3 Å². The normalized spacial score (nSPS) is 13.4. The summed E-state index contributed by atoms with van der Waals surface area (Å²) in [6.45, 7) is 1.60. The van der Waals surface area contributed by atoms with Crippen LogP contribution >= 0.6 is 11.6 Å². The summed E-state index contributed by atoms with van der Waals surface area (Å²) in [5.41, 5.74) is 4.33. The minimum atomic E-state index is -0.816. The Hall–Kier alpha value is -3.11. The van der Waals surface area contributed by atoms with Crippen molar-refractivity contribution in [2.75, 3.05) is 0 Å². The zero-order chi connectivity index (χ0) is 19.7. The first-order valence-corrected chi connectivity index (χ1v) is 9.38. The van der Waals surface area contributed by atoms with E-state index in [1.165, 1.54) is 0 Å². The molecule has 0 saturated heterocycles. The Balaban J connectivity index is 1.52. The monoisotopic (exact) mass is 391 g/mol. The summed E-state index contributed by atoms with van der Waals surface area (Å²) in [6, 6.07) is 21.6. The van der Waals surface area contributed by atoms with Gasteiger partial charge < -0.3 is 10.1 Å². The lowest BCUT2D eigenvalue weighted by Crippen LogP contribution is -2.40. The maximum atomic E-state index is 12.7. The minimum Gasteiger partial charge on any atom is -0.451 e. The van der Waals surface area contributed by atoms with Crippen LogP contribution in [0.2, 0.25) is 5.02 Å². The van der Waals surface area contributed by atoms with Gasteiger partial charge >= 0.3 is 5.97 Å². The number of carbonyl (C=O) groups is 2. The van der Waals surface area contributed by atoms with Crippen molar-refractivity contribution in [2.24, 2.45) is 0 Å². The largest absolute Gasteiger partial charge is 0.451 e. The topological polar surface area (TPSA) is 55.4 Å². The second-order valence-corrected chi connectivity index (χ2v) is 7.07. The van der Waals surface area contributed by atoms with Crippen molar-refractivity contribution in [3.05, 3.63) is 94.5 Å². The number of carbonyl (C=O) groups excluding carboxylic acids is 2. The highest BCUT2D eigenvalue weighted by molar-refractivity contribution is 6.33. The van der Waals surface area contributed by atoms with E-state index in [0.717, 1.165) is 22.3 Å². The molecule has 0 radical (unpaired) electrons. The zero-order valence-electron chi connectivity index (χ0n) is 15.2. The Kier molecular flexibility index (Phi) is 4.88. The van der Waals surface area contributed by atoms with E-state index in [9.17, 15) is 9.59 Å². The molecule has 0 unspecified atom stereocenters. The van der Waals surface area contributed by atoms with Gasteiger partial charge in [-0.2, -0.15) is 0 Å². The summed E-state index contributed by atoms with van der Waals surface area (Å²) < 4.78 is 5.81. The second-order valence-electron chi connectivity index (χ2n) is 6.67. The first-order valence-electron chi connectivity index (χ1n) is 9.00. The molecule has 0 aliphatic heterocycles. The van der Waals surface area contributed by atoms with E-state index < -0.39 is 24.0 Å². The molecule has 28 heavy (non-hydrogen) atoms. The van der Waals surface area contributed by atoms with Crippen LogP contribution < -0.4 is 5.32 Å². The molecular weight excluding hydrogens is 374 g/mol. The van der Waals surface area contributed by atoms with E-state index in [1.54, 1.807) is 31.2 Å². The van der Waals surface area contributed by atoms with Crippen LogP contribution in [0.15, 0.2) is 72.8 Å². The number of nitrogens with one attached hydrogen (secondary N) is 1. The van der Waals surface area contributed by atoms with Crippen molar-refractivity contribution < 1.29 is 14.3 Å². The molecule has 140 valence electrons. The van der Waals surface area contributed by atoms with Crippen LogP contribution in [0, 0.1) is 0 Å². The molecule has 1 aliphatic rings. The van der Waals surface area contributed by atoms with Crippen molar-refractivity contribution in [3.8, 4) is 11.1 Å². The van der Waals surface area contributed by atoms with Crippen molar-refractivity contribution in [2.45, 2.75) is 19.1 Å². The first-order chi connectivity index (χ1) is 13.6. The third kappa shape index (κ3) is 3.27. The van der Waals surface area contributed by atoms with Gasteiger partial charge in [0, 0.05) is 11.1 Å². The molecule has 0 spiro atoms. The second kappa shape index (κ2) is 7.49. The maximum Gasteiger partial charge on any atom is 0.329 e.